The highest BCUT2D eigenvalue weighted by molar-refractivity contribution is 5.70. The van der Waals surface area contributed by atoms with Gasteiger partial charge in [-0.25, -0.2) is 0 Å². The van der Waals surface area contributed by atoms with Crippen LogP contribution in [0.25, 0.3) is 0 Å². The number of terminal acetylenes is 1. The van der Waals surface area contributed by atoms with Crippen LogP contribution in [-0.4, -0.2) is 11.1 Å². The molecule has 2 unspecified atom stereocenters. The largest absolute Gasteiger partial charge is 0.481 e. The molecule has 0 spiro atoms. The highest BCUT2D eigenvalue weighted by atomic mass is 16.4. The Morgan fingerprint density at radius 2 is 2.23 bits per heavy atom. The molecule has 0 amide bonds. The number of carboxylic acid groups (broad SMARTS) is 1. The Bertz CT molecular complexity index is 235. The maximum atomic E-state index is 10.8. The molecular formula is C11H16O2. The zero-order valence-electron chi connectivity index (χ0n) is 8.21. The lowest BCUT2D eigenvalue weighted by atomic mass is 9.87. The molecule has 2 heteroatoms. The summed E-state index contributed by atoms with van der Waals surface area (Å²) in [6.45, 7) is 7.54. The molecule has 0 aliphatic carbocycles. The molecule has 0 fully saturated rings. The fourth-order valence-corrected chi connectivity index (χ4v) is 1.35. The monoisotopic (exact) mass is 180 g/mol. The van der Waals surface area contributed by atoms with Gasteiger partial charge in [0.25, 0.3) is 0 Å². The van der Waals surface area contributed by atoms with E-state index in [0.717, 1.165) is 12.0 Å². The number of allylic oxidation sites excluding steroid dienone is 1. The molecule has 0 aliphatic heterocycles. The molecule has 1 N–H and O–H groups in total. The molecule has 0 saturated heterocycles. The van der Waals surface area contributed by atoms with E-state index < -0.39 is 11.9 Å². The molecular weight excluding hydrogens is 164 g/mol. The van der Waals surface area contributed by atoms with Gasteiger partial charge in [-0.2, -0.15) is 0 Å². The fraction of sp³-hybridized carbons (Fsp3) is 0.545. The van der Waals surface area contributed by atoms with Gasteiger partial charge in [0, 0.05) is 6.42 Å². The summed E-state index contributed by atoms with van der Waals surface area (Å²) in [5.41, 5.74) is 0.996. The molecule has 0 radical (unpaired) electrons. The molecule has 0 aromatic rings. The molecule has 2 atom stereocenters. The van der Waals surface area contributed by atoms with Gasteiger partial charge in [0.15, 0.2) is 0 Å². The standard InChI is InChI=1S/C11H16O2/c1-5-6-10(11(12)13)9(4)7-8(2)3/h1,9-10H,2,6-7H2,3-4H3,(H,12,13). The average Bonchev–Trinajstić information content (AvgIpc) is 1.97. The summed E-state index contributed by atoms with van der Waals surface area (Å²) in [7, 11) is 0. The van der Waals surface area contributed by atoms with Crippen molar-refractivity contribution < 1.29 is 9.90 Å². The van der Waals surface area contributed by atoms with Crippen LogP contribution >= 0.6 is 0 Å². The molecule has 13 heavy (non-hydrogen) atoms. The van der Waals surface area contributed by atoms with Crippen LogP contribution in [0.1, 0.15) is 26.7 Å². The van der Waals surface area contributed by atoms with Gasteiger partial charge in [-0.15, -0.1) is 18.9 Å². The summed E-state index contributed by atoms with van der Waals surface area (Å²) in [4.78, 5) is 10.8. The topological polar surface area (TPSA) is 37.3 Å². The van der Waals surface area contributed by atoms with Crippen LogP contribution in [0.15, 0.2) is 12.2 Å². The SMILES string of the molecule is C#CCC(C(=O)O)C(C)CC(=C)C. The number of carboxylic acids is 1. The second kappa shape index (κ2) is 5.42. The second-order valence-electron chi connectivity index (χ2n) is 3.49. The van der Waals surface area contributed by atoms with Gasteiger partial charge in [0.2, 0.25) is 0 Å². The summed E-state index contributed by atoms with van der Waals surface area (Å²) >= 11 is 0. The molecule has 0 saturated carbocycles. The van der Waals surface area contributed by atoms with Crippen molar-refractivity contribution in [1.82, 2.24) is 0 Å². The van der Waals surface area contributed by atoms with Crippen molar-refractivity contribution >= 4 is 5.97 Å². The normalized spacial score (nSPS) is 14.2. The van der Waals surface area contributed by atoms with Gasteiger partial charge in [-0.3, -0.25) is 4.79 Å². The van der Waals surface area contributed by atoms with Gasteiger partial charge in [0.05, 0.1) is 5.92 Å². The fourth-order valence-electron chi connectivity index (χ4n) is 1.35. The molecule has 72 valence electrons. The number of aliphatic carboxylic acids is 1. The highest BCUT2D eigenvalue weighted by Gasteiger charge is 2.23. The van der Waals surface area contributed by atoms with E-state index in [1.165, 1.54) is 0 Å². The van der Waals surface area contributed by atoms with E-state index in [4.69, 9.17) is 11.5 Å². The Hall–Kier alpha value is -1.23. The number of hydrogen-bond acceptors (Lipinski definition) is 1. The van der Waals surface area contributed by atoms with Gasteiger partial charge in [-0.05, 0) is 19.3 Å². The smallest absolute Gasteiger partial charge is 0.307 e. The van der Waals surface area contributed by atoms with Crippen LogP contribution in [-0.2, 0) is 4.79 Å². The lowest BCUT2D eigenvalue weighted by Gasteiger charge is -2.17. The zero-order valence-corrected chi connectivity index (χ0v) is 8.21. The van der Waals surface area contributed by atoms with E-state index in [0.29, 0.717) is 6.42 Å². The Balaban J connectivity index is 4.29. The minimum absolute atomic E-state index is 0.0612. The quantitative estimate of drug-likeness (QED) is 0.520. The van der Waals surface area contributed by atoms with Gasteiger partial charge in [0.1, 0.15) is 0 Å². The first-order chi connectivity index (χ1) is 5.99. The molecule has 0 bridgehead atoms. The van der Waals surface area contributed by atoms with Crippen LogP contribution in [0.3, 0.4) is 0 Å². The molecule has 0 heterocycles. The third-order valence-corrected chi connectivity index (χ3v) is 2.01. The highest BCUT2D eigenvalue weighted by Crippen LogP contribution is 2.21. The van der Waals surface area contributed by atoms with Crippen LogP contribution in [0.5, 0.6) is 0 Å². The second-order valence-corrected chi connectivity index (χ2v) is 3.49. The minimum atomic E-state index is -0.813. The summed E-state index contributed by atoms with van der Waals surface area (Å²) in [6.07, 6.45) is 6.12. The van der Waals surface area contributed by atoms with Crippen LogP contribution in [0, 0.1) is 24.2 Å². The molecule has 0 aromatic carbocycles. The number of rotatable bonds is 5. The third kappa shape index (κ3) is 4.37. The van der Waals surface area contributed by atoms with E-state index >= 15 is 0 Å². The third-order valence-electron chi connectivity index (χ3n) is 2.01. The predicted molar refractivity (Wildman–Crippen MR) is 53.2 cm³/mol. The Morgan fingerprint density at radius 1 is 1.69 bits per heavy atom. The first-order valence-corrected chi connectivity index (χ1v) is 4.29. The molecule has 0 rings (SSSR count). The lowest BCUT2D eigenvalue weighted by Crippen LogP contribution is -2.21. The Morgan fingerprint density at radius 3 is 2.54 bits per heavy atom. The average molecular weight is 180 g/mol. The first kappa shape index (κ1) is 11.8. The van der Waals surface area contributed by atoms with Crippen molar-refractivity contribution in [3.05, 3.63) is 12.2 Å². The Kier molecular flexibility index (Phi) is 4.91. The molecule has 0 aliphatic rings. The summed E-state index contributed by atoms with van der Waals surface area (Å²) in [6, 6.07) is 0. The minimum Gasteiger partial charge on any atom is -0.481 e. The van der Waals surface area contributed by atoms with Crippen molar-refractivity contribution in [1.29, 1.82) is 0 Å². The summed E-state index contributed by atoms with van der Waals surface area (Å²) < 4.78 is 0. The van der Waals surface area contributed by atoms with Crippen molar-refractivity contribution in [2.75, 3.05) is 0 Å². The van der Waals surface area contributed by atoms with E-state index in [2.05, 4.69) is 12.5 Å². The predicted octanol–water partition coefficient (Wildman–Crippen LogP) is 2.31. The van der Waals surface area contributed by atoms with Gasteiger partial charge >= 0.3 is 5.97 Å². The van der Waals surface area contributed by atoms with Crippen molar-refractivity contribution in [2.24, 2.45) is 11.8 Å². The van der Waals surface area contributed by atoms with E-state index in [1.807, 2.05) is 13.8 Å². The van der Waals surface area contributed by atoms with E-state index in [-0.39, 0.29) is 5.92 Å². The van der Waals surface area contributed by atoms with Crippen molar-refractivity contribution in [3.63, 3.8) is 0 Å². The number of carbonyl (C=O) groups is 1. The van der Waals surface area contributed by atoms with E-state index in [1.54, 1.807) is 0 Å². The summed E-state index contributed by atoms with van der Waals surface area (Å²) in [5, 5.41) is 8.86. The maximum Gasteiger partial charge on any atom is 0.307 e. The van der Waals surface area contributed by atoms with E-state index in [9.17, 15) is 4.79 Å². The number of hydrogen-bond donors (Lipinski definition) is 1. The van der Waals surface area contributed by atoms with Crippen LogP contribution < -0.4 is 0 Å². The zero-order chi connectivity index (χ0) is 10.4. The van der Waals surface area contributed by atoms with Crippen molar-refractivity contribution in [3.8, 4) is 12.3 Å². The van der Waals surface area contributed by atoms with Gasteiger partial charge < -0.3 is 5.11 Å². The van der Waals surface area contributed by atoms with Crippen LogP contribution in [0.2, 0.25) is 0 Å². The first-order valence-electron chi connectivity index (χ1n) is 4.29. The van der Waals surface area contributed by atoms with Crippen LogP contribution in [0.4, 0.5) is 0 Å². The maximum absolute atomic E-state index is 10.8. The molecule has 0 aromatic heterocycles. The summed E-state index contributed by atoms with van der Waals surface area (Å²) in [5.74, 6) is 1.20. The Labute approximate surface area is 79.7 Å². The van der Waals surface area contributed by atoms with Crippen molar-refractivity contribution in [2.45, 2.75) is 26.7 Å². The van der Waals surface area contributed by atoms with Gasteiger partial charge in [-0.1, -0.05) is 12.5 Å². The molecule has 2 nitrogen and oxygen atoms in total. The lowest BCUT2D eigenvalue weighted by molar-refractivity contribution is -0.143.